The number of anilines is 1. The number of halogens is 2. The van der Waals surface area contributed by atoms with Crippen LogP contribution in [0.1, 0.15) is 5.56 Å². The molecule has 0 saturated carbocycles. The first-order valence-corrected chi connectivity index (χ1v) is 8.44. The predicted octanol–water partition coefficient (Wildman–Crippen LogP) is 2.69. The molecule has 2 amide bonds. The average molecular weight is 340 g/mol. The maximum absolute atomic E-state index is 13.4. The summed E-state index contributed by atoms with van der Waals surface area (Å²) in [6.07, 6.45) is 1.02. The summed E-state index contributed by atoms with van der Waals surface area (Å²) in [5.41, 5.74) is 0.0868. The number of rotatable bonds is 4. The summed E-state index contributed by atoms with van der Waals surface area (Å²) in [5.74, 6) is -1.27. The van der Waals surface area contributed by atoms with Crippen molar-refractivity contribution in [1.29, 1.82) is 0 Å². The topological polar surface area (TPSA) is 75.3 Å². The Hall–Kier alpha value is -2.48. The third kappa shape index (κ3) is 4.49. The van der Waals surface area contributed by atoms with Crippen molar-refractivity contribution in [3.8, 4) is 0 Å². The van der Waals surface area contributed by atoms with Crippen molar-refractivity contribution < 1.29 is 22.0 Å². The van der Waals surface area contributed by atoms with Gasteiger partial charge in [-0.25, -0.2) is 22.0 Å². The molecule has 0 fully saturated rings. The highest BCUT2D eigenvalue weighted by Gasteiger charge is 2.14. The Balaban J connectivity index is 2.08. The minimum Gasteiger partial charge on any atom is -0.334 e. The van der Waals surface area contributed by atoms with Crippen molar-refractivity contribution in [2.45, 2.75) is 11.4 Å². The molecule has 2 aromatic rings. The fraction of sp³-hybridized carbons (Fsp3) is 0.133. The largest absolute Gasteiger partial charge is 0.334 e. The highest BCUT2D eigenvalue weighted by molar-refractivity contribution is 7.90. The first-order chi connectivity index (χ1) is 10.8. The van der Waals surface area contributed by atoms with E-state index in [1.807, 2.05) is 0 Å². The van der Waals surface area contributed by atoms with Crippen LogP contribution in [0.4, 0.5) is 19.3 Å². The first kappa shape index (κ1) is 16.9. The van der Waals surface area contributed by atoms with E-state index in [1.165, 1.54) is 18.2 Å². The summed E-state index contributed by atoms with van der Waals surface area (Å²) in [7, 11) is -3.51. The molecule has 0 aliphatic carbocycles. The van der Waals surface area contributed by atoms with Gasteiger partial charge in [-0.05, 0) is 30.3 Å². The van der Waals surface area contributed by atoms with Crippen LogP contribution in [0.15, 0.2) is 47.4 Å². The van der Waals surface area contributed by atoms with Crippen molar-refractivity contribution in [1.82, 2.24) is 5.32 Å². The highest BCUT2D eigenvalue weighted by atomic mass is 32.2. The lowest BCUT2D eigenvalue weighted by atomic mass is 10.2. The maximum Gasteiger partial charge on any atom is 0.319 e. The van der Waals surface area contributed by atoms with E-state index in [9.17, 15) is 22.0 Å². The Kier molecular flexibility index (Phi) is 4.95. The van der Waals surface area contributed by atoms with Gasteiger partial charge in [-0.2, -0.15) is 0 Å². The van der Waals surface area contributed by atoms with Crippen LogP contribution in [-0.2, 0) is 16.4 Å². The van der Waals surface area contributed by atoms with Gasteiger partial charge in [0.15, 0.2) is 9.84 Å². The standard InChI is InChI=1S/C15H14F2N2O3S/c1-23(21,22)14-5-3-2-4-13(14)19-15(20)18-9-10-8-11(16)6-7-12(10)17/h2-8H,9H2,1H3,(H2,18,19,20). The van der Waals surface area contributed by atoms with E-state index in [4.69, 9.17) is 0 Å². The smallest absolute Gasteiger partial charge is 0.319 e. The number of carbonyl (C=O) groups is 1. The third-order valence-electron chi connectivity index (χ3n) is 2.98. The molecule has 2 aromatic carbocycles. The molecule has 0 spiro atoms. The second kappa shape index (κ2) is 6.74. The maximum atomic E-state index is 13.4. The molecule has 2 rings (SSSR count). The summed E-state index contributed by atoms with van der Waals surface area (Å²) in [6, 6.07) is 8.06. The van der Waals surface area contributed by atoms with Gasteiger partial charge in [0, 0.05) is 18.4 Å². The summed E-state index contributed by atoms with van der Waals surface area (Å²) in [6.45, 7) is -0.240. The normalized spacial score (nSPS) is 11.1. The molecule has 5 nitrogen and oxygen atoms in total. The van der Waals surface area contributed by atoms with Crippen molar-refractivity contribution in [3.63, 3.8) is 0 Å². The number of amides is 2. The van der Waals surface area contributed by atoms with Gasteiger partial charge >= 0.3 is 6.03 Å². The van der Waals surface area contributed by atoms with Crippen molar-refractivity contribution in [2.24, 2.45) is 0 Å². The molecular weight excluding hydrogens is 326 g/mol. The molecule has 23 heavy (non-hydrogen) atoms. The molecule has 0 aliphatic heterocycles. The number of benzene rings is 2. The minimum absolute atomic E-state index is 0.0171. The molecule has 0 aliphatic rings. The zero-order valence-corrected chi connectivity index (χ0v) is 13.0. The van der Waals surface area contributed by atoms with E-state index >= 15 is 0 Å². The second-order valence-corrected chi connectivity index (χ2v) is 6.80. The van der Waals surface area contributed by atoms with Crippen LogP contribution in [0.2, 0.25) is 0 Å². The number of urea groups is 1. The van der Waals surface area contributed by atoms with Gasteiger partial charge in [0.25, 0.3) is 0 Å². The van der Waals surface area contributed by atoms with E-state index in [0.717, 1.165) is 24.5 Å². The molecular formula is C15H14F2N2O3S. The van der Waals surface area contributed by atoms with E-state index in [0.29, 0.717) is 0 Å². The van der Waals surface area contributed by atoms with Crippen LogP contribution in [0, 0.1) is 11.6 Å². The van der Waals surface area contributed by atoms with E-state index < -0.39 is 27.5 Å². The monoisotopic (exact) mass is 340 g/mol. The lowest BCUT2D eigenvalue weighted by molar-refractivity contribution is 0.251. The van der Waals surface area contributed by atoms with Crippen LogP contribution in [0.5, 0.6) is 0 Å². The minimum atomic E-state index is -3.51. The molecule has 2 N–H and O–H groups in total. The number of nitrogens with one attached hydrogen (secondary N) is 2. The SMILES string of the molecule is CS(=O)(=O)c1ccccc1NC(=O)NCc1cc(F)ccc1F. The fourth-order valence-corrected chi connectivity index (χ4v) is 2.76. The Morgan fingerprint density at radius 2 is 1.83 bits per heavy atom. The molecule has 122 valence electrons. The fourth-order valence-electron chi connectivity index (χ4n) is 1.91. The second-order valence-electron chi connectivity index (χ2n) is 4.81. The number of sulfone groups is 1. The molecule has 0 bridgehead atoms. The number of carbonyl (C=O) groups excluding carboxylic acids is 1. The first-order valence-electron chi connectivity index (χ1n) is 6.55. The van der Waals surface area contributed by atoms with E-state index in [-0.39, 0.29) is 22.7 Å². The van der Waals surface area contributed by atoms with Crippen LogP contribution < -0.4 is 10.6 Å². The third-order valence-corrected chi connectivity index (χ3v) is 4.14. The molecule has 8 heteroatoms. The molecule has 0 saturated heterocycles. The number of para-hydroxylation sites is 1. The van der Waals surface area contributed by atoms with Gasteiger partial charge in [0.05, 0.1) is 10.6 Å². The molecule has 0 unspecified atom stereocenters. The average Bonchev–Trinajstić information content (AvgIpc) is 2.47. The van der Waals surface area contributed by atoms with Gasteiger partial charge in [0.2, 0.25) is 0 Å². The van der Waals surface area contributed by atoms with E-state index in [1.54, 1.807) is 6.07 Å². The van der Waals surface area contributed by atoms with Gasteiger partial charge in [-0.1, -0.05) is 12.1 Å². The van der Waals surface area contributed by atoms with Crippen LogP contribution in [0.3, 0.4) is 0 Å². The van der Waals surface area contributed by atoms with Gasteiger partial charge in [0.1, 0.15) is 11.6 Å². The number of hydrogen-bond donors (Lipinski definition) is 2. The van der Waals surface area contributed by atoms with Crippen LogP contribution in [0.25, 0.3) is 0 Å². The Morgan fingerprint density at radius 3 is 2.52 bits per heavy atom. The lowest BCUT2D eigenvalue weighted by Crippen LogP contribution is -2.29. The lowest BCUT2D eigenvalue weighted by Gasteiger charge is -2.11. The highest BCUT2D eigenvalue weighted by Crippen LogP contribution is 2.20. The molecule has 0 radical (unpaired) electrons. The summed E-state index contributed by atoms with van der Waals surface area (Å²) >= 11 is 0. The van der Waals surface area contributed by atoms with Crippen molar-refractivity contribution >= 4 is 21.6 Å². The zero-order valence-electron chi connectivity index (χ0n) is 12.1. The molecule has 0 heterocycles. The van der Waals surface area contributed by atoms with Gasteiger partial charge < -0.3 is 10.6 Å². The Morgan fingerprint density at radius 1 is 1.13 bits per heavy atom. The predicted molar refractivity (Wildman–Crippen MR) is 81.8 cm³/mol. The van der Waals surface area contributed by atoms with E-state index in [2.05, 4.69) is 10.6 Å². The Labute approximate surface area is 132 Å². The van der Waals surface area contributed by atoms with Gasteiger partial charge in [-0.15, -0.1) is 0 Å². The van der Waals surface area contributed by atoms with Crippen LogP contribution in [-0.4, -0.2) is 20.7 Å². The Bertz CT molecular complexity index is 838. The van der Waals surface area contributed by atoms with Crippen LogP contribution >= 0.6 is 0 Å². The summed E-state index contributed by atoms with van der Waals surface area (Å²) in [5, 5.41) is 4.72. The zero-order chi connectivity index (χ0) is 17.0. The quantitative estimate of drug-likeness (QED) is 0.898. The molecule has 0 aromatic heterocycles. The van der Waals surface area contributed by atoms with Crippen molar-refractivity contribution in [2.75, 3.05) is 11.6 Å². The number of hydrogen-bond acceptors (Lipinski definition) is 3. The summed E-state index contributed by atoms with van der Waals surface area (Å²) in [4.78, 5) is 11.8. The van der Waals surface area contributed by atoms with Gasteiger partial charge in [-0.3, -0.25) is 0 Å². The summed E-state index contributed by atoms with van der Waals surface area (Å²) < 4.78 is 49.8. The molecule has 0 atom stereocenters. The van der Waals surface area contributed by atoms with Crippen molar-refractivity contribution in [3.05, 3.63) is 59.7 Å².